The fourth-order valence-corrected chi connectivity index (χ4v) is 3.18. The van der Waals surface area contributed by atoms with E-state index in [0.717, 1.165) is 44.1 Å². The maximum Gasteiger partial charge on any atom is 0.251 e. The predicted molar refractivity (Wildman–Crippen MR) is 144 cm³/mol. The third-order valence-corrected chi connectivity index (χ3v) is 4.83. The molecule has 1 aromatic rings. The molecule has 6 nitrogen and oxygen atoms in total. The maximum absolute atomic E-state index is 12.4. The lowest BCUT2D eigenvalue weighted by Gasteiger charge is -2.21. The van der Waals surface area contributed by atoms with Gasteiger partial charge >= 0.3 is 0 Å². The number of carbonyl (C=O) groups excluding carboxylic acids is 1. The molecule has 0 radical (unpaired) electrons. The lowest BCUT2D eigenvalue weighted by atomic mass is 10.1. The second-order valence-corrected chi connectivity index (χ2v) is 8.81. The first-order valence-electron chi connectivity index (χ1n) is 11.4. The molecule has 0 aliphatic heterocycles. The molecule has 0 aromatic heterocycles. The summed E-state index contributed by atoms with van der Waals surface area (Å²) in [7, 11) is 0. The van der Waals surface area contributed by atoms with E-state index in [2.05, 4.69) is 48.5 Å². The van der Waals surface area contributed by atoms with E-state index >= 15 is 0 Å². The highest BCUT2D eigenvalue weighted by Crippen LogP contribution is 2.09. The van der Waals surface area contributed by atoms with E-state index < -0.39 is 0 Å². The normalized spacial score (nSPS) is 12.8. The number of hydrogen-bond acceptors (Lipinski definition) is 3. The van der Waals surface area contributed by atoms with E-state index in [-0.39, 0.29) is 35.4 Å². The quantitative estimate of drug-likeness (QED) is 0.219. The van der Waals surface area contributed by atoms with Gasteiger partial charge in [-0.25, -0.2) is 4.99 Å². The fraction of sp³-hybridized carbons (Fsp3) is 0.667. The zero-order valence-corrected chi connectivity index (χ0v) is 22.9. The van der Waals surface area contributed by atoms with Crippen LogP contribution in [0.2, 0.25) is 0 Å². The second kappa shape index (κ2) is 15.5. The summed E-state index contributed by atoms with van der Waals surface area (Å²) >= 11 is 0. The minimum Gasteiger partial charge on any atom is -0.357 e. The monoisotopic (exact) mass is 545 g/mol. The number of nitrogens with one attached hydrogen (secondary N) is 3. The van der Waals surface area contributed by atoms with Crippen LogP contribution in [0.5, 0.6) is 0 Å². The van der Waals surface area contributed by atoms with Crippen molar-refractivity contribution in [3.8, 4) is 0 Å². The molecule has 1 amide bonds. The van der Waals surface area contributed by atoms with Crippen LogP contribution in [0.1, 0.15) is 77.2 Å². The Labute approximate surface area is 207 Å². The molecule has 1 aromatic carbocycles. The number of benzene rings is 1. The molecule has 0 saturated heterocycles. The molecule has 0 aliphatic carbocycles. The van der Waals surface area contributed by atoms with Crippen molar-refractivity contribution in [1.82, 2.24) is 20.9 Å². The zero-order chi connectivity index (χ0) is 22.6. The van der Waals surface area contributed by atoms with E-state index in [1.807, 2.05) is 45.0 Å². The molecular weight excluding hydrogens is 501 g/mol. The van der Waals surface area contributed by atoms with Crippen LogP contribution in [0.4, 0.5) is 0 Å². The van der Waals surface area contributed by atoms with Gasteiger partial charge in [0.25, 0.3) is 5.91 Å². The van der Waals surface area contributed by atoms with Crippen molar-refractivity contribution in [2.75, 3.05) is 26.2 Å². The Morgan fingerprint density at radius 3 is 2.42 bits per heavy atom. The minimum absolute atomic E-state index is 0. The third-order valence-electron chi connectivity index (χ3n) is 4.83. The van der Waals surface area contributed by atoms with E-state index in [9.17, 15) is 4.79 Å². The predicted octanol–water partition coefficient (Wildman–Crippen LogP) is 4.40. The van der Waals surface area contributed by atoms with Crippen LogP contribution in [0.15, 0.2) is 29.3 Å². The molecule has 0 saturated carbocycles. The van der Waals surface area contributed by atoms with Crippen molar-refractivity contribution in [2.45, 2.75) is 79.4 Å². The van der Waals surface area contributed by atoms with E-state index in [0.29, 0.717) is 18.2 Å². The van der Waals surface area contributed by atoms with Gasteiger partial charge in [0.1, 0.15) is 0 Å². The smallest absolute Gasteiger partial charge is 0.251 e. The second-order valence-electron chi connectivity index (χ2n) is 8.81. The number of guanidine groups is 1. The number of rotatable bonds is 11. The van der Waals surface area contributed by atoms with Gasteiger partial charge < -0.3 is 20.9 Å². The summed E-state index contributed by atoms with van der Waals surface area (Å²) in [5, 5.41) is 9.84. The van der Waals surface area contributed by atoms with Gasteiger partial charge in [-0.05, 0) is 84.8 Å². The summed E-state index contributed by atoms with van der Waals surface area (Å²) in [5.41, 5.74) is 1.43. The highest BCUT2D eigenvalue weighted by molar-refractivity contribution is 14.0. The first-order valence-corrected chi connectivity index (χ1v) is 11.4. The van der Waals surface area contributed by atoms with Gasteiger partial charge in [-0.3, -0.25) is 4.79 Å². The van der Waals surface area contributed by atoms with Crippen LogP contribution in [0.3, 0.4) is 0 Å². The van der Waals surface area contributed by atoms with Crippen LogP contribution >= 0.6 is 24.0 Å². The van der Waals surface area contributed by atoms with E-state index in [1.54, 1.807) is 0 Å². The van der Waals surface area contributed by atoms with Crippen molar-refractivity contribution in [3.05, 3.63) is 35.4 Å². The molecule has 1 rings (SSSR count). The molecule has 3 N–H and O–H groups in total. The van der Waals surface area contributed by atoms with Gasteiger partial charge in [-0.2, -0.15) is 0 Å². The molecule has 1 unspecified atom stereocenters. The summed E-state index contributed by atoms with van der Waals surface area (Å²) < 4.78 is 0. The molecule has 1 atom stereocenters. The summed E-state index contributed by atoms with van der Waals surface area (Å²) in [6.07, 6.45) is 2.27. The van der Waals surface area contributed by atoms with Gasteiger partial charge in [0.2, 0.25) is 0 Å². The number of nitrogens with zero attached hydrogens (tertiary/aromatic N) is 2. The Kier molecular flexibility index (Phi) is 14.8. The third kappa shape index (κ3) is 12.9. The van der Waals surface area contributed by atoms with Gasteiger partial charge in [0.15, 0.2) is 5.96 Å². The summed E-state index contributed by atoms with van der Waals surface area (Å²) in [6.45, 7) is 19.3. The lowest BCUT2D eigenvalue weighted by molar-refractivity contribution is 0.0919. The van der Waals surface area contributed by atoms with Crippen molar-refractivity contribution < 1.29 is 4.79 Å². The number of hydrogen-bond donors (Lipinski definition) is 3. The highest BCUT2D eigenvalue weighted by atomic mass is 127. The largest absolute Gasteiger partial charge is 0.357 e. The molecular formula is C24H44IN5O. The summed E-state index contributed by atoms with van der Waals surface area (Å²) in [5.74, 6) is 0.762. The number of halogens is 1. The Hall–Kier alpha value is -1.35. The molecule has 178 valence electrons. The standard InChI is InChI=1S/C24H43N5O.HI/c1-8-25-23(27-19(4)13-12-16-29(9-2)10-3)26-18-20-14-11-15-21(17-20)22(30)28-24(5,6)7;/h11,14-15,17,19H,8-10,12-13,16,18H2,1-7H3,(H,28,30)(H2,25,26,27);1H. The van der Waals surface area contributed by atoms with Crippen LogP contribution in [0.25, 0.3) is 0 Å². The summed E-state index contributed by atoms with van der Waals surface area (Å²) in [6, 6.07) is 8.03. The molecule has 0 aliphatic rings. The van der Waals surface area contributed by atoms with Crippen LogP contribution in [-0.2, 0) is 6.54 Å². The first kappa shape index (κ1) is 29.7. The molecule has 0 fully saturated rings. The molecule has 0 bridgehead atoms. The average Bonchev–Trinajstić information content (AvgIpc) is 2.68. The fourth-order valence-electron chi connectivity index (χ4n) is 3.18. The van der Waals surface area contributed by atoms with E-state index in [4.69, 9.17) is 4.99 Å². The van der Waals surface area contributed by atoms with Gasteiger partial charge in [-0.1, -0.05) is 26.0 Å². The Morgan fingerprint density at radius 2 is 1.84 bits per heavy atom. The molecule has 31 heavy (non-hydrogen) atoms. The molecule has 0 heterocycles. The highest BCUT2D eigenvalue weighted by Gasteiger charge is 2.15. The Balaban J connectivity index is 0.00000900. The van der Waals surface area contributed by atoms with Crippen molar-refractivity contribution >= 4 is 35.8 Å². The molecule has 0 spiro atoms. The average molecular weight is 546 g/mol. The van der Waals surface area contributed by atoms with Crippen molar-refractivity contribution in [2.24, 2.45) is 4.99 Å². The Bertz CT molecular complexity index is 668. The van der Waals surface area contributed by atoms with Crippen LogP contribution < -0.4 is 16.0 Å². The van der Waals surface area contributed by atoms with Crippen LogP contribution in [-0.4, -0.2) is 54.5 Å². The first-order chi connectivity index (χ1) is 14.2. The summed E-state index contributed by atoms with van der Waals surface area (Å²) in [4.78, 5) is 19.6. The zero-order valence-electron chi connectivity index (χ0n) is 20.5. The number of carbonyl (C=O) groups is 1. The maximum atomic E-state index is 12.4. The van der Waals surface area contributed by atoms with Crippen molar-refractivity contribution in [3.63, 3.8) is 0 Å². The van der Waals surface area contributed by atoms with Gasteiger partial charge in [0, 0.05) is 23.7 Å². The lowest BCUT2D eigenvalue weighted by Crippen LogP contribution is -2.42. The topological polar surface area (TPSA) is 68.8 Å². The van der Waals surface area contributed by atoms with Gasteiger partial charge in [0.05, 0.1) is 6.54 Å². The van der Waals surface area contributed by atoms with Crippen molar-refractivity contribution in [1.29, 1.82) is 0 Å². The Morgan fingerprint density at radius 1 is 1.16 bits per heavy atom. The number of amides is 1. The minimum atomic E-state index is -0.255. The molecule has 7 heteroatoms. The van der Waals surface area contributed by atoms with Crippen LogP contribution in [0, 0.1) is 0 Å². The SMILES string of the molecule is CCNC(=NCc1cccc(C(=O)NC(C)(C)C)c1)NC(C)CCCN(CC)CC.I. The van der Waals surface area contributed by atoms with E-state index in [1.165, 1.54) is 6.42 Å². The number of aliphatic imine (C=N–C) groups is 1. The van der Waals surface area contributed by atoms with Gasteiger partial charge in [-0.15, -0.1) is 24.0 Å².